The molecule has 0 unspecified atom stereocenters. The van der Waals surface area contributed by atoms with Gasteiger partial charge in [-0.2, -0.15) is 5.10 Å². The van der Waals surface area contributed by atoms with Crippen molar-refractivity contribution in [3.63, 3.8) is 0 Å². The van der Waals surface area contributed by atoms with E-state index in [4.69, 9.17) is 4.74 Å². The summed E-state index contributed by atoms with van der Waals surface area (Å²) >= 11 is 1.68. The number of rotatable bonds is 6. The van der Waals surface area contributed by atoms with Crippen LogP contribution in [0.5, 0.6) is 5.75 Å². The fourth-order valence-corrected chi connectivity index (χ4v) is 2.29. The molecule has 0 heterocycles. The van der Waals surface area contributed by atoms with Gasteiger partial charge >= 0.3 is 0 Å². The minimum Gasteiger partial charge on any atom is -0.491 e. The summed E-state index contributed by atoms with van der Waals surface area (Å²) in [5, 5.41) is 3.98. The quantitative estimate of drug-likeness (QED) is 0.496. The monoisotopic (exact) mass is 328 g/mol. The summed E-state index contributed by atoms with van der Waals surface area (Å²) in [5.74, 6) is 0.493. The molecule has 0 bridgehead atoms. The zero-order valence-corrected chi connectivity index (χ0v) is 14.3. The van der Waals surface area contributed by atoms with Gasteiger partial charge in [0.25, 0.3) is 5.91 Å². The molecule has 0 saturated heterocycles. The number of benzene rings is 2. The molecule has 2 rings (SSSR count). The zero-order valence-electron chi connectivity index (χ0n) is 13.4. The van der Waals surface area contributed by atoms with Crippen LogP contribution in [0.2, 0.25) is 0 Å². The van der Waals surface area contributed by atoms with Crippen LogP contribution < -0.4 is 10.2 Å². The molecule has 2 aromatic rings. The van der Waals surface area contributed by atoms with Crippen molar-refractivity contribution in [1.82, 2.24) is 5.43 Å². The maximum atomic E-state index is 12.0. The number of ether oxygens (including phenoxy) is 1. The average Bonchev–Trinajstić information content (AvgIpc) is 2.55. The lowest BCUT2D eigenvalue weighted by atomic mass is 10.2. The van der Waals surface area contributed by atoms with Gasteiger partial charge in [0, 0.05) is 10.5 Å². The first kappa shape index (κ1) is 17.1. The number of hydrazone groups is 1. The number of thioether (sulfide) groups is 1. The molecule has 23 heavy (non-hydrogen) atoms. The first-order valence-corrected chi connectivity index (χ1v) is 8.55. The molecule has 0 atom stereocenters. The Morgan fingerprint density at radius 2 is 1.78 bits per heavy atom. The smallest absolute Gasteiger partial charge is 0.271 e. The van der Waals surface area contributed by atoms with Crippen molar-refractivity contribution >= 4 is 23.9 Å². The van der Waals surface area contributed by atoms with Gasteiger partial charge in [0.1, 0.15) is 5.75 Å². The van der Waals surface area contributed by atoms with E-state index < -0.39 is 0 Å². The highest BCUT2D eigenvalue weighted by molar-refractivity contribution is 7.98. The lowest BCUT2D eigenvalue weighted by Gasteiger charge is -2.09. The highest BCUT2D eigenvalue weighted by atomic mass is 32.2. The molecule has 120 valence electrons. The van der Waals surface area contributed by atoms with Crippen LogP contribution >= 0.6 is 11.8 Å². The van der Waals surface area contributed by atoms with E-state index in [0.717, 1.165) is 11.3 Å². The molecule has 0 spiro atoms. The van der Waals surface area contributed by atoms with Crippen LogP contribution in [0, 0.1) is 0 Å². The van der Waals surface area contributed by atoms with Crippen LogP contribution in [0.4, 0.5) is 0 Å². The van der Waals surface area contributed by atoms with Crippen molar-refractivity contribution in [2.75, 3.05) is 6.26 Å². The van der Waals surface area contributed by atoms with Gasteiger partial charge in [0.05, 0.1) is 12.3 Å². The number of nitrogens with zero attached hydrogens (tertiary/aromatic N) is 1. The third-order valence-electron chi connectivity index (χ3n) is 2.98. The fraction of sp³-hybridized carbons (Fsp3) is 0.222. The number of carbonyl (C=O) groups is 1. The first-order valence-electron chi connectivity index (χ1n) is 7.32. The van der Waals surface area contributed by atoms with Crippen LogP contribution in [0.3, 0.4) is 0 Å². The van der Waals surface area contributed by atoms with E-state index in [2.05, 4.69) is 10.5 Å². The Labute approximate surface area is 140 Å². The maximum absolute atomic E-state index is 12.0. The van der Waals surface area contributed by atoms with E-state index in [9.17, 15) is 4.79 Å². The van der Waals surface area contributed by atoms with Crippen molar-refractivity contribution in [2.24, 2.45) is 5.10 Å². The van der Waals surface area contributed by atoms with E-state index in [1.165, 1.54) is 4.90 Å². The van der Waals surface area contributed by atoms with Crippen LogP contribution in [0.1, 0.15) is 29.8 Å². The molecule has 0 radical (unpaired) electrons. The second-order valence-corrected chi connectivity index (χ2v) is 6.04. The Morgan fingerprint density at radius 3 is 2.35 bits per heavy atom. The van der Waals surface area contributed by atoms with E-state index >= 15 is 0 Å². The summed E-state index contributed by atoms with van der Waals surface area (Å²) in [6, 6.07) is 14.9. The van der Waals surface area contributed by atoms with Crippen molar-refractivity contribution in [2.45, 2.75) is 24.8 Å². The third-order valence-corrected chi connectivity index (χ3v) is 3.73. The molecule has 1 amide bonds. The molecular formula is C18H20N2O2S. The van der Waals surface area contributed by atoms with E-state index in [0.29, 0.717) is 5.56 Å². The van der Waals surface area contributed by atoms with Crippen LogP contribution in [-0.4, -0.2) is 24.5 Å². The molecule has 0 aromatic heterocycles. The lowest BCUT2D eigenvalue weighted by Crippen LogP contribution is -2.17. The molecule has 2 aromatic carbocycles. The van der Waals surface area contributed by atoms with Crippen molar-refractivity contribution in [3.8, 4) is 5.75 Å². The Hall–Kier alpha value is -2.27. The van der Waals surface area contributed by atoms with Gasteiger partial charge in [0.15, 0.2) is 0 Å². The minimum absolute atomic E-state index is 0.108. The summed E-state index contributed by atoms with van der Waals surface area (Å²) < 4.78 is 5.54. The molecular weight excluding hydrogens is 308 g/mol. The molecule has 5 heteroatoms. The largest absolute Gasteiger partial charge is 0.491 e. The second-order valence-electron chi connectivity index (χ2n) is 5.16. The first-order chi connectivity index (χ1) is 11.1. The van der Waals surface area contributed by atoms with Crippen LogP contribution in [0.25, 0.3) is 0 Å². The topological polar surface area (TPSA) is 50.7 Å². The molecule has 0 aliphatic rings. The zero-order chi connectivity index (χ0) is 16.7. The van der Waals surface area contributed by atoms with E-state index in [1.807, 2.05) is 44.4 Å². The number of carbonyl (C=O) groups excluding carboxylic acids is 1. The van der Waals surface area contributed by atoms with Crippen molar-refractivity contribution in [1.29, 1.82) is 0 Å². The normalized spacial score (nSPS) is 11.0. The second kappa shape index (κ2) is 8.39. The Bertz CT molecular complexity index is 664. The van der Waals surface area contributed by atoms with Crippen LogP contribution in [-0.2, 0) is 0 Å². The average molecular weight is 328 g/mol. The molecule has 4 nitrogen and oxygen atoms in total. The highest BCUT2D eigenvalue weighted by Gasteiger charge is 2.05. The molecule has 0 aliphatic carbocycles. The maximum Gasteiger partial charge on any atom is 0.271 e. The van der Waals surface area contributed by atoms with Gasteiger partial charge < -0.3 is 4.74 Å². The van der Waals surface area contributed by atoms with Crippen molar-refractivity contribution in [3.05, 3.63) is 59.7 Å². The standard InChI is InChI=1S/C18H20N2O2S/c1-13(2)22-16-8-6-15(7-9-16)18(21)20-19-12-14-4-10-17(23-3)11-5-14/h4-13H,1-3H3,(H,20,21)/b19-12-. The summed E-state index contributed by atoms with van der Waals surface area (Å²) in [5.41, 5.74) is 3.99. The van der Waals surface area contributed by atoms with Gasteiger partial charge in [-0.05, 0) is 62.1 Å². The summed E-state index contributed by atoms with van der Waals surface area (Å²) in [4.78, 5) is 13.2. The summed E-state index contributed by atoms with van der Waals surface area (Å²) in [6.45, 7) is 3.92. The lowest BCUT2D eigenvalue weighted by molar-refractivity contribution is 0.0955. The van der Waals surface area contributed by atoms with Gasteiger partial charge in [-0.15, -0.1) is 11.8 Å². The predicted octanol–water partition coefficient (Wildman–Crippen LogP) is 3.96. The number of hydrogen-bond acceptors (Lipinski definition) is 4. The predicted molar refractivity (Wildman–Crippen MR) is 95.5 cm³/mol. The number of hydrogen-bond donors (Lipinski definition) is 1. The molecule has 0 aliphatic heterocycles. The van der Waals surface area contributed by atoms with Gasteiger partial charge in [-0.3, -0.25) is 4.79 Å². The molecule has 0 saturated carbocycles. The Morgan fingerprint density at radius 1 is 1.13 bits per heavy atom. The van der Waals surface area contributed by atoms with Gasteiger partial charge in [-0.25, -0.2) is 5.43 Å². The third kappa shape index (κ3) is 5.45. The number of nitrogens with one attached hydrogen (secondary N) is 1. The van der Waals surface area contributed by atoms with Gasteiger partial charge in [-0.1, -0.05) is 12.1 Å². The summed E-state index contributed by atoms with van der Waals surface area (Å²) in [7, 11) is 0. The molecule has 1 N–H and O–H groups in total. The van der Waals surface area contributed by atoms with Crippen LogP contribution in [0.15, 0.2) is 58.5 Å². The number of amides is 1. The fourth-order valence-electron chi connectivity index (χ4n) is 1.88. The molecule has 0 fully saturated rings. The summed E-state index contributed by atoms with van der Waals surface area (Å²) in [6.07, 6.45) is 3.76. The minimum atomic E-state index is -0.252. The van der Waals surface area contributed by atoms with Gasteiger partial charge in [0.2, 0.25) is 0 Å². The van der Waals surface area contributed by atoms with Crippen molar-refractivity contribution < 1.29 is 9.53 Å². The Balaban J connectivity index is 1.91. The Kier molecular flexibility index (Phi) is 6.23. The van der Waals surface area contributed by atoms with E-state index in [-0.39, 0.29) is 12.0 Å². The SMILES string of the molecule is CSc1ccc(/C=N\NC(=O)c2ccc(OC(C)C)cc2)cc1. The van der Waals surface area contributed by atoms with E-state index in [1.54, 1.807) is 42.2 Å². The highest BCUT2D eigenvalue weighted by Crippen LogP contribution is 2.14.